The highest BCUT2D eigenvalue weighted by molar-refractivity contribution is 7.92. The SMILES string of the molecule is CCC(C(F)(F)F)([N+](C)(C)C)S(C)(=O)=O. The summed E-state index contributed by atoms with van der Waals surface area (Å²) in [5.74, 6) is 0. The van der Waals surface area contributed by atoms with E-state index in [-0.39, 0.29) is 0 Å². The minimum atomic E-state index is -4.78. The van der Waals surface area contributed by atoms with E-state index in [1.165, 1.54) is 28.1 Å². The molecule has 3 nitrogen and oxygen atoms in total. The lowest BCUT2D eigenvalue weighted by Crippen LogP contribution is -2.68. The van der Waals surface area contributed by atoms with Gasteiger partial charge in [0.2, 0.25) is 9.84 Å². The van der Waals surface area contributed by atoms with Crippen molar-refractivity contribution in [3.05, 3.63) is 0 Å². The van der Waals surface area contributed by atoms with Gasteiger partial charge in [0.05, 0.1) is 21.1 Å². The molecule has 0 saturated carbocycles. The van der Waals surface area contributed by atoms with Crippen molar-refractivity contribution in [2.75, 3.05) is 27.4 Å². The molecule has 0 aliphatic heterocycles. The molecule has 0 heterocycles. The summed E-state index contributed by atoms with van der Waals surface area (Å²) in [6, 6.07) is 0. The highest BCUT2D eigenvalue weighted by atomic mass is 32.2. The molecule has 1 atom stereocenters. The molecular formula is C8H17F3NO2S+. The van der Waals surface area contributed by atoms with Gasteiger partial charge < -0.3 is 4.48 Å². The maximum atomic E-state index is 13.0. The van der Waals surface area contributed by atoms with Crippen molar-refractivity contribution < 1.29 is 26.1 Å². The van der Waals surface area contributed by atoms with Crippen LogP contribution >= 0.6 is 0 Å². The van der Waals surface area contributed by atoms with Gasteiger partial charge in [-0.25, -0.2) is 8.42 Å². The number of sulfone groups is 1. The molecule has 7 heteroatoms. The Morgan fingerprint density at radius 2 is 1.47 bits per heavy atom. The second kappa shape index (κ2) is 3.62. The van der Waals surface area contributed by atoms with Crippen LogP contribution in [0.1, 0.15) is 13.3 Å². The first-order valence-electron chi connectivity index (χ1n) is 4.39. The van der Waals surface area contributed by atoms with Crippen LogP contribution in [0.25, 0.3) is 0 Å². The van der Waals surface area contributed by atoms with E-state index < -0.39 is 31.8 Å². The van der Waals surface area contributed by atoms with E-state index in [1.807, 2.05) is 0 Å². The molecule has 0 spiro atoms. The molecule has 0 bridgehead atoms. The molecule has 0 aromatic heterocycles. The first-order valence-corrected chi connectivity index (χ1v) is 6.28. The van der Waals surface area contributed by atoms with Crippen LogP contribution in [-0.2, 0) is 9.84 Å². The van der Waals surface area contributed by atoms with Crippen LogP contribution in [-0.4, -0.2) is 51.3 Å². The van der Waals surface area contributed by atoms with Gasteiger partial charge in [-0.3, -0.25) is 0 Å². The van der Waals surface area contributed by atoms with Crippen molar-refractivity contribution in [2.45, 2.75) is 24.4 Å². The number of hydrogen-bond acceptors (Lipinski definition) is 2. The Balaban J connectivity index is 6.02. The predicted molar refractivity (Wildman–Crippen MR) is 52.0 cm³/mol. The van der Waals surface area contributed by atoms with Crippen LogP contribution in [0.5, 0.6) is 0 Å². The third-order valence-corrected chi connectivity index (χ3v) is 4.91. The van der Waals surface area contributed by atoms with Gasteiger partial charge in [-0.05, 0) is 0 Å². The molecular weight excluding hydrogens is 231 g/mol. The van der Waals surface area contributed by atoms with Crippen molar-refractivity contribution in [2.24, 2.45) is 0 Å². The lowest BCUT2D eigenvalue weighted by atomic mass is 10.1. The minimum absolute atomic E-state index is 0.501. The molecule has 0 rings (SSSR count). The third kappa shape index (κ3) is 2.13. The minimum Gasteiger partial charge on any atom is -0.306 e. The maximum absolute atomic E-state index is 13.0. The molecule has 0 radical (unpaired) electrons. The van der Waals surface area contributed by atoms with E-state index in [0.29, 0.717) is 6.26 Å². The van der Waals surface area contributed by atoms with Crippen LogP contribution in [0.3, 0.4) is 0 Å². The van der Waals surface area contributed by atoms with Crippen LogP contribution in [0.15, 0.2) is 0 Å². The van der Waals surface area contributed by atoms with Gasteiger partial charge in [0.1, 0.15) is 0 Å². The van der Waals surface area contributed by atoms with E-state index in [0.717, 1.165) is 0 Å². The average Bonchev–Trinajstić information content (AvgIpc) is 1.76. The zero-order valence-electron chi connectivity index (χ0n) is 9.51. The summed E-state index contributed by atoms with van der Waals surface area (Å²) in [7, 11) is -0.542. The third-order valence-electron chi connectivity index (χ3n) is 2.62. The zero-order valence-corrected chi connectivity index (χ0v) is 10.3. The summed E-state index contributed by atoms with van der Waals surface area (Å²) in [4.78, 5) is -2.74. The zero-order chi connectivity index (χ0) is 12.7. The fraction of sp³-hybridized carbons (Fsp3) is 1.00. The topological polar surface area (TPSA) is 34.1 Å². The molecule has 0 aromatic rings. The smallest absolute Gasteiger partial charge is 0.306 e. The van der Waals surface area contributed by atoms with Gasteiger partial charge in [0.25, 0.3) is 4.87 Å². The Morgan fingerprint density at radius 3 is 1.47 bits per heavy atom. The van der Waals surface area contributed by atoms with Crippen LogP contribution in [0.4, 0.5) is 13.2 Å². The molecule has 0 amide bonds. The lowest BCUT2D eigenvalue weighted by molar-refractivity contribution is -0.920. The second-order valence-corrected chi connectivity index (χ2v) is 6.64. The Bertz CT molecular complexity index is 313. The molecule has 0 aliphatic rings. The van der Waals surface area contributed by atoms with Gasteiger partial charge in [-0.1, -0.05) is 6.92 Å². The molecule has 0 saturated heterocycles. The number of alkyl halides is 3. The van der Waals surface area contributed by atoms with E-state index >= 15 is 0 Å². The van der Waals surface area contributed by atoms with Gasteiger partial charge in [0, 0.05) is 12.7 Å². The van der Waals surface area contributed by atoms with E-state index in [9.17, 15) is 21.6 Å². The van der Waals surface area contributed by atoms with Gasteiger partial charge in [-0.2, -0.15) is 13.2 Å². The summed E-state index contributed by atoms with van der Waals surface area (Å²) in [5.41, 5.74) is 0. The summed E-state index contributed by atoms with van der Waals surface area (Å²) in [6.07, 6.45) is -4.65. The number of halogens is 3. The summed E-state index contributed by atoms with van der Waals surface area (Å²) in [5, 5.41) is 0. The molecule has 0 fully saturated rings. The van der Waals surface area contributed by atoms with Crippen LogP contribution in [0.2, 0.25) is 0 Å². The second-order valence-electron chi connectivity index (χ2n) is 4.42. The van der Waals surface area contributed by atoms with E-state index in [1.54, 1.807) is 0 Å². The fourth-order valence-corrected chi connectivity index (χ4v) is 3.96. The molecule has 1 unspecified atom stereocenters. The monoisotopic (exact) mass is 248 g/mol. The van der Waals surface area contributed by atoms with Crippen LogP contribution in [0, 0.1) is 0 Å². The number of hydrogen-bond donors (Lipinski definition) is 0. The van der Waals surface area contributed by atoms with Gasteiger partial charge >= 0.3 is 6.18 Å². The Hall–Kier alpha value is -0.300. The lowest BCUT2D eigenvalue weighted by Gasteiger charge is -2.44. The normalized spacial score (nSPS) is 18.7. The van der Waals surface area contributed by atoms with Crippen molar-refractivity contribution in [3.8, 4) is 0 Å². The maximum Gasteiger partial charge on any atom is 0.460 e. The van der Waals surface area contributed by atoms with E-state index in [4.69, 9.17) is 0 Å². The Kier molecular flexibility index (Phi) is 3.55. The van der Waals surface area contributed by atoms with Crippen molar-refractivity contribution in [1.82, 2.24) is 0 Å². The molecule has 0 aliphatic carbocycles. The van der Waals surface area contributed by atoms with Gasteiger partial charge in [0.15, 0.2) is 0 Å². The first-order chi connectivity index (χ1) is 6.31. The first kappa shape index (κ1) is 14.7. The molecule has 0 N–H and O–H groups in total. The van der Waals surface area contributed by atoms with Crippen molar-refractivity contribution in [1.29, 1.82) is 0 Å². The molecule has 15 heavy (non-hydrogen) atoms. The van der Waals surface area contributed by atoms with Crippen molar-refractivity contribution in [3.63, 3.8) is 0 Å². The molecule has 92 valence electrons. The quantitative estimate of drug-likeness (QED) is 0.708. The number of rotatable bonds is 3. The average molecular weight is 248 g/mol. The summed E-state index contributed by atoms with van der Waals surface area (Å²) >= 11 is 0. The number of nitrogens with zero attached hydrogens (tertiary/aromatic N) is 1. The summed E-state index contributed by atoms with van der Waals surface area (Å²) in [6.45, 7) is 1.23. The van der Waals surface area contributed by atoms with Crippen molar-refractivity contribution >= 4 is 9.84 Å². The van der Waals surface area contributed by atoms with Crippen LogP contribution < -0.4 is 0 Å². The summed E-state index contributed by atoms with van der Waals surface area (Å²) < 4.78 is 61.1. The highest BCUT2D eigenvalue weighted by Gasteiger charge is 2.70. The largest absolute Gasteiger partial charge is 0.460 e. The van der Waals surface area contributed by atoms with E-state index in [2.05, 4.69) is 0 Å². The molecule has 0 aromatic carbocycles. The number of quaternary nitrogens is 1. The Labute approximate surface area is 88.4 Å². The Morgan fingerprint density at radius 1 is 1.13 bits per heavy atom. The highest BCUT2D eigenvalue weighted by Crippen LogP contribution is 2.43. The fourth-order valence-electron chi connectivity index (χ4n) is 2.02. The predicted octanol–water partition coefficient (Wildman–Crippen LogP) is 1.41. The van der Waals surface area contributed by atoms with Gasteiger partial charge in [-0.15, -0.1) is 0 Å². The standard InChI is InChI=1S/C8H17F3NO2S/c1-6-7(8(9,10)11,12(2,3)4)15(5,13)14/h6H2,1-5H3/q+1.